The molecule has 0 amide bonds. The molecule has 4 unspecified atom stereocenters. The van der Waals surface area contributed by atoms with Gasteiger partial charge in [0.25, 0.3) is 0 Å². The number of methoxy groups -OCH3 is 2. The molecule has 4 atom stereocenters. The number of hydrogen-bond acceptors (Lipinski definition) is 5. The number of pyridine rings is 1. The number of benzene rings is 2. The lowest BCUT2D eigenvalue weighted by atomic mass is 9.81. The maximum absolute atomic E-state index is 15.9. The minimum absolute atomic E-state index is 0.101. The van der Waals surface area contributed by atoms with Gasteiger partial charge in [-0.2, -0.15) is 0 Å². The van der Waals surface area contributed by atoms with E-state index in [2.05, 4.69) is 4.98 Å². The molecule has 1 fully saturated rings. The van der Waals surface area contributed by atoms with Crippen molar-refractivity contribution in [3.05, 3.63) is 76.2 Å². The lowest BCUT2D eigenvalue weighted by Gasteiger charge is -2.32. The van der Waals surface area contributed by atoms with Crippen molar-refractivity contribution in [3.8, 4) is 22.8 Å². The van der Waals surface area contributed by atoms with Crippen molar-refractivity contribution >= 4 is 5.97 Å². The summed E-state index contributed by atoms with van der Waals surface area (Å²) in [6.45, 7) is 7.67. The fraction of sp³-hybridized carbons (Fsp3) is 0.438. The van der Waals surface area contributed by atoms with Crippen LogP contribution in [0.1, 0.15) is 62.5 Å². The molecule has 5 rings (SSSR count). The Hall–Kier alpha value is -3.59. The van der Waals surface area contributed by atoms with E-state index in [1.54, 1.807) is 26.2 Å². The molecule has 6 nitrogen and oxygen atoms in total. The monoisotopic (exact) mass is 569 g/mol. The number of aliphatic carboxylic acids is 1. The van der Waals surface area contributed by atoms with Gasteiger partial charge in [0.15, 0.2) is 11.6 Å². The average molecular weight is 570 g/mol. The molecule has 3 aromatic rings. The number of aromatic nitrogens is 1. The third kappa shape index (κ3) is 4.74. The predicted octanol–water partition coefficient (Wildman–Crippen LogP) is 7.02. The second-order valence-corrected chi connectivity index (χ2v) is 12.1. The topological polar surface area (TPSA) is 77.9 Å². The minimum atomic E-state index is -1.00. The first kappa shape index (κ1) is 28.9. The zero-order valence-electron chi connectivity index (χ0n) is 24.0. The van der Waals surface area contributed by atoms with Crippen molar-refractivity contribution in [2.24, 2.45) is 17.3 Å². The van der Waals surface area contributed by atoms with Gasteiger partial charge in [-0.25, -0.2) is 18.2 Å². The summed E-state index contributed by atoms with van der Waals surface area (Å²) in [5.74, 6) is -3.89. The zero-order chi connectivity index (χ0) is 29.9. The van der Waals surface area contributed by atoms with Crippen LogP contribution in [0.4, 0.5) is 13.2 Å². The van der Waals surface area contributed by atoms with Crippen LogP contribution in [0.3, 0.4) is 0 Å². The SMILES string of the molecule is COc1cc(-c2ccc(COc3cc(F)c4c(c3F)C3(CC4)C(C)C3C(=O)O)cc2C(OC)C(C)(C)C)c(F)cn1. The number of carboxylic acids is 1. The molecular formula is C32H34F3NO5. The number of carbonyl (C=O) groups is 1. The van der Waals surface area contributed by atoms with Crippen LogP contribution in [0.5, 0.6) is 11.6 Å². The Morgan fingerprint density at radius 1 is 1.12 bits per heavy atom. The Bertz CT molecular complexity index is 1520. The lowest BCUT2D eigenvalue weighted by Crippen LogP contribution is -2.21. The van der Waals surface area contributed by atoms with Crippen LogP contribution in [-0.4, -0.2) is 30.3 Å². The Kier molecular flexibility index (Phi) is 7.30. The summed E-state index contributed by atoms with van der Waals surface area (Å²) >= 11 is 0. The normalized spacial score (nSPS) is 22.0. The van der Waals surface area contributed by atoms with Crippen LogP contribution in [0, 0.1) is 34.7 Å². The first-order chi connectivity index (χ1) is 19.3. The molecule has 2 aliphatic rings. The van der Waals surface area contributed by atoms with E-state index >= 15 is 8.78 Å². The van der Waals surface area contributed by atoms with E-state index < -0.39 is 40.9 Å². The Morgan fingerprint density at radius 2 is 1.85 bits per heavy atom. The fourth-order valence-corrected chi connectivity index (χ4v) is 6.77. The molecule has 9 heteroatoms. The molecule has 0 bridgehead atoms. The third-order valence-electron chi connectivity index (χ3n) is 8.71. The number of rotatable bonds is 8. The van der Waals surface area contributed by atoms with Crippen LogP contribution in [0.15, 0.2) is 36.5 Å². The van der Waals surface area contributed by atoms with Gasteiger partial charge in [-0.3, -0.25) is 4.79 Å². The Morgan fingerprint density at radius 3 is 2.46 bits per heavy atom. The van der Waals surface area contributed by atoms with E-state index in [0.717, 1.165) is 12.3 Å². The summed E-state index contributed by atoms with van der Waals surface area (Å²) in [7, 11) is 3.03. The molecule has 1 spiro atoms. The number of halogens is 3. The number of ether oxygens (including phenoxy) is 3. The van der Waals surface area contributed by atoms with Crippen LogP contribution >= 0.6 is 0 Å². The molecule has 2 aromatic carbocycles. The van der Waals surface area contributed by atoms with Gasteiger partial charge in [-0.15, -0.1) is 0 Å². The van der Waals surface area contributed by atoms with Gasteiger partial charge in [-0.1, -0.05) is 39.8 Å². The second kappa shape index (κ2) is 10.4. The van der Waals surface area contributed by atoms with Crippen LogP contribution in [0.2, 0.25) is 0 Å². The van der Waals surface area contributed by atoms with Crippen molar-refractivity contribution < 1.29 is 37.3 Å². The van der Waals surface area contributed by atoms with Crippen LogP contribution in [-0.2, 0) is 28.0 Å². The van der Waals surface area contributed by atoms with E-state index in [-0.39, 0.29) is 46.3 Å². The number of carboxylic acid groups (broad SMARTS) is 1. The summed E-state index contributed by atoms with van der Waals surface area (Å²) in [5, 5.41) is 9.66. The van der Waals surface area contributed by atoms with Crippen molar-refractivity contribution in [2.75, 3.05) is 14.2 Å². The second-order valence-electron chi connectivity index (χ2n) is 12.1. The molecule has 0 saturated heterocycles. The maximum Gasteiger partial charge on any atom is 0.307 e. The van der Waals surface area contributed by atoms with Gasteiger partial charge < -0.3 is 19.3 Å². The molecule has 41 heavy (non-hydrogen) atoms. The largest absolute Gasteiger partial charge is 0.486 e. The molecule has 218 valence electrons. The number of fused-ring (bicyclic) bond motifs is 2. The summed E-state index contributed by atoms with van der Waals surface area (Å²) in [6, 6.07) is 7.83. The van der Waals surface area contributed by atoms with Gasteiger partial charge in [0, 0.05) is 35.8 Å². The molecule has 0 radical (unpaired) electrons. The summed E-state index contributed by atoms with van der Waals surface area (Å²) in [6.07, 6.45) is 1.33. The molecule has 1 aromatic heterocycles. The van der Waals surface area contributed by atoms with Gasteiger partial charge >= 0.3 is 5.97 Å². The van der Waals surface area contributed by atoms with E-state index in [0.29, 0.717) is 29.5 Å². The molecule has 1 N–H and O–H groups in total. The summed E-state index contributed by atoms with van der Waals surface area (Å²) < 4.78 is 62.8. The van der Waals surface area contributed by atoms with E-state index in [1.165, 1.54) is 13.2 Å². The Balaban J connectivity index is 1.52. The summed E-state index contributed by atoms with van der Waals surface area (Å²) in [4.78, 5) is 15.7. The van der Waals surface area contributed by atoms with Crippen LogP contribution < -0.4 is 9.47 Å². The van der Waals surface area contributed by atoms with E-state index in [9.17, 15) is 14.3 Å². The first-order valence-corrected chi connectivity index (χ1v) is 13.6. The van der Waals surface area contributed by atoms with E-state index in [4.69, 9.17) is 14.2 Å². The van der Waals surface area contributed by atoms with Gasteiger partial charge in [0.05, 0.1) is 25.3 Å². The molecular weight excluding hydrogens is 535 g/mol. The highest BCUT2D eigenvalue weighted by Gasteiger charge is 2.70. The molecule has 1 saturated carbocycles. The van der Waals surface area contributed by atoms with Gasteiger partial charge in [0.2, 0.25) is 5.88 Å². The van der Waals surface area contributed by atoms with Crippen molar-refractivity contribution in [1.29, 1.82) is 0 Å². The van der Waals surface area contributed by atoms with Gasteiger partial charge in [-0.05, 0) is 52.5 Å². The number of hydrogen-bond donors (Lipinski definition) is 1. The van der Waals surface area contributed by atoms with Crippen molar-refractivity contribution in [3.63, 3.8) is 0 Å². The predicted molar refractivity (Wildman–Crippen MR) is 146 cm³/mol. The van der Waals surface area contributed by atoms with Crippen LogP contribution in [0.25, 0.3) is 11.1 Å². The highest BCUT2D eigenvalue weighted by molar-refractivity contribution is 5.79. The lowest BCUT2D eigenvalue weighted by molar-refractivity contribution is -0.139. The molecule has 0 aliphatic heterocycles. The molecule has 1 heterocycles. The average Bonchev–Trinajstić information content (AvgIpc) is 3.30. The highest BCUT2D eigenvalue weighted by atomic mass is 19.1. The maximum atomic E-state index is 15.9. The smallest absolute Gasteiger partial charge is 0.307 e. The standard InChI is InChI=1S/C32H34F3NO5/c1-16-26(30(37)38)32(16)10-9-19-22(33)13-24(28(35)27(19)32)41-15-17-7-8-18(20-12-25(39-5)36-14-23(20)34)21(11-17)29(40-6)31(2,3)4/h7-8,11-14,16,26,29H,9-10,15H2,1-6H3,(H,37,38). The highest BCUT2D eigenvalue weighted by Crippen LogP contribution is 2.67. The third-order valence-corrected chi connectivity index (χ3v) is 8.71. The van der Waals surface area contributed by atoms with E-state index in [1.807, 2.05) is 26.8 Å². The first-order valence-electron chi connectivity index (χ1n) is 13.6. The Labute approximate surface area is 237 Å². The molecule has 2 aliphatic carbocycles. The fourth-order valence-electron chi connectivity index (χ4n) is 6.77. The minimum Gasteiger partial charge on any atom is -0.486 e. The van der Waals surface area contributed by atoms with Crippen molar-refractivity contribution in [2.45, 2.75) is 58.7 Å². The zero-order valence-corrected chi connectivity index (χ0v) is 24.0. The quantitative estimate of drug-likeness (QED) is 0.314. The summed E-state index contributed by atoms with van der Waals surface area (Å²) in [5.41, 5.74) is 1.27. The van der Waals surface area contributed by atoms with Gasteiger partial charge in [0.1, 0.15) is 18.2 Å². The number of nitrogens with zero attached hydrogens (tertiary/aromatic N) is 1. The van der Waals surface area contributed by atoms with Crippen molar-refractivity contribution in [1.82, 2.24) is 4.98 Å².